The summed E-state index contributed by atoms with van der Waals surface area (Å²) in [6, 6.07) is 8.09. The van der Waals surface area contributed by atoms with Crippen molar-refractivity contribution in [3.63, 3.8) is 0 Å². The SMILES string of the molecule is Clc1ccc(SCC2(CBr)CCOCC2)cc1. The van der Waals surface area contributed by atoms with Crippen LogP contribution in [0.3, 0.4) is 0 Å². The van der Waals surface area contributed by atoms with Crippen molar-refractivity contribution >= 4 is 39.3 Å². The zero-order valence-corrected chi connectivity index (χ0v) is 12.8. The maximum absolute atomic E-state index is 5.88. The molecule has 1 aromatic carbocycles. The molecule has 4 heteroatoms. The van der Waals surface area contributed by atoms with E-state index in [9.17, 15) is 0 Å². The fourth-order valence-corrected chi connectivity index (χ4v) is 4.23. The second kappa shape index (κ2) is 6.46. The van der Waals surface area contributed by atoms with Crippen molar-refractivity contribution in [3.05, 3.63) is 29.3 Å². The first-order chi connectivity index (χ1) is 8.24. The molecular formula is C13H16BrClOS. The Hall–Kier alpha value is 0.300. The van der Waals surface area contributed by atoms with E-state index in [1.54, 1.807) is 0 Å². The van der Waals surface area contributed by atoms with E-state index in [2.05, 4.69) is 28.1 Å². The highest BCUT2D eigenvalue weighted by molar-refractivity contribution is 9.09. The molecule has 1 saturated heterocycles. The Morgan fingerprint density at radius 2 is 1.88 bits per heavy atom. The zero-order chi connectivity index (χ0) is 12.1. The number of ether oxygens (including phenoxy) is 1. The number of hydrogen-bond donors (Lipinski definition) is 0. The molecule has 0 spiro atoms. The van der Waals surface area contributed by atoms with E-state index < -0.39 is 0 Å². The lowest BCUT2D eigenvalue weighted by atomic mass is 9.85. The van der Waals surface area contributed by atoms with Gasteiger partial charge in [0, 0.05) is 34.2 Å². The first-order valence-corrected chi connectivity index (χ1v) is 8.25. The second-order valence-electron chi connectivity index (χ2n) is 4.49. The molecule has 94 valence electrons. The summed E-state index contributed by atoms with van der Waals surface area (Å²) in [6.07, 6.45) is 2.30. The third-order valence-corrected chi connectivity index (χ3v) is 6.00. The predicted molar refractivity (Wildman–Crippen MR) is 78.5 cm³/mol. The summed E-state index contributed by atoms with van der Waals surface area (Å²) in [4.78, 5) is 1.29. The van der Waals surface area contributed by atoms with Crippen LogP contribution in [-0.4, -0.2) is 24.3 Å². The molecule has 1 heterocycles. The van der Waals surface area contributed by atoms with Gasteiger partial charge in [0.25, 0.3) is 0 Å². The van der Waals surface area contributed by atoms with Gasteiger partial charge in [-0.25, -0.2) is 0 Å². The van der Waals surface area contributed by atoms with Gasteiger partial charge in [-0.3, -0.25) is 0 Å². The quantitative estimate of drug-likeness (QED) is 0.586. The molecule has 17 heavy (non-hydrogen) atoms. The Bertz CT molecular complexity index is 349. The Morgan fingerprint density at radius 3 is 2.47 bits per heavy atom. The Morgan fingerprint density at radius 1 is 1.24 bits per heavy atom. The lowest BCUT2D eigenvalue weighted by Crippen LogP contribution is -2.33. The Kier molecular flexibility index (Phi) is 5.22. The van der Waals surface area contributed by atoms with Crippen LogP contribution in [0.2, 0.25) is 5.02 Å². The summed E-state index contributed by atoms with van der Waals surface area (Å²) >= 11 is 11.5. The normalized spacial score (nSPS) is 19.2. The molecule has 0 aliphatic carbocycles. The van der Waals surface area contributed by atoms with Gasteiger partial charge in [0.2, 0.25) is 0 Å². The molecule has 1 nitrogen and oxygen atoms in total. The van der Waals surface area contributed by atoms with E-state index in [1.807, 2.05) is 23.9 Å². The summed E-state index contributed by atoms with van der Waals surface area (Å²) in [6.45, 7) is 1.79. The molecule has 0 saturated carbocycles. The molecule has 1 aliphatic rings. The highest BCUT2D eigenvalue weighted by Crippen LogP contribution is 2.38. The summed E-state index contributed by atoms with van der Waals surface area (Å²) in [5.74, 6) is 1.14. The minimum absolute atomic E-state index is 0.391. The van der Waals surface area contributed by atoms with Crippen molar-refractivity contribution in [2.75, 3.05) is 24.3 Å². The molecule has 1 aliphatic heterocycles. The maximum atomic E-state index is 5.88. The molecule has 0 unspecified atom stereocenters. The Balaban J connectivity index is 1.93. The minimum Gasteiger partial charge on any atom is -0.381 e. The van der Waals surface area contributed by atoms with Crippen LogP contribution in [0.15, 0.2) is 29.2 Å². The smallest absolute Gasteiger partial charge is 0.0471 e. The standard InChI is InChI=1S/C13H16BrClOS/c14-9-13(5-7-16-8-6-13)10-17-12-3-1-11(15)2-4-12/h1-4H,5-10H2. The summed E-state index contributed by atoms with van der Waals surface area (Å²) in [5, 5.41) is 1.86. The lowest BCUT2D eigenvalue weighted by molar-refractivity contribution is 0.0374. The maximum Gasteiger partial charge on any atom is 0.0471 e. The third-order valence-electron chi connectivity index (χ3n) is 3.20. The number of alkyl halides is 1. The van der Waals surface area contributed by atoms with Gasteiger partial charge >= 0.3 is 0 Å². The van der Waals surface area contributed by atoms with Gasteiger partial charge < -0.3 is 4.74 Å². The van der Waals surface area contributed by atoms with Crippen LogP contribution in [0.25, 0.3) is 0 Å². The van der Waals surface area contributed by atoms with E-state index in [-0.39, 0.29) is 0 Å². The molecule has 0 amide bonds. The van der Waals surface area contributed by atoms with Gasteiger partial charge in [-0.05, 0) is 42.5 Å². The topological polar surface area (TPSA) is 9.23 Å². The average Bonchev–Trinajstić information content (AvgIpc) is 2.39. The van der Waals surface area contributed by atoms with E-state index in [0.29, 0.717) is 5.41 Å². The zero-order valence-electron chi connectivity index (χ0n) is 9.62. The van der Waals surface area contributed by atoms with Gasteiger partial charge in [-0.1, -0.05) is 27.5 Å². The van der Waals surface area contributed by atoms with Crippen molar-refractivity contribution in [1.82, 2.24) is 0 Å². The number of halogens is 2. The van der Waals surface area contributed by atoms with Crippen molar-refractivity contribution in [2.45, 2.75) is 17.7 Å². The summed E-state index contributed by atoms with van der Waals surface area (Å²) < 4.78 is 5.45. The van der Waals surface area contributed by atoms with Crippen molar-refractivity contribution < 1.29 is 4.74 Å². The van der Waals surface area contributed by atoms with Crippen LogP contribution >= 0.6 is 39.3 Å². The van der Waals surface area contributed by atoms with E-state index in [1.165, 1.54) is 4.90 Å². The highest BCUT2D eigenvalue weighted by Gasteiger charge is 2.31. The molecule has 0 bridgehead atoms. The summed E-state index contributed by atoms with van der Waals surface area (Å²) in [5.41, 5.74) is 0.391. The first-order valence-electron chi connectivity index (χ1n) is 5.76. The van der Waals surface area contributed by atoms with Crippen molar-refractivity contribution in [1.29, 1.82) is 0 Å². The molecule has 1 fully saturated rings. The average molecular weight is 336 g/mol. The van der Waals surface area contributed by atoms with Gasteiger partial charge in [-0.2, -0.15) is 0 Å². The molecule has 0 aromatic heterocycles. The van der Waals surface area contributed by atoms with Crippen LogP contribution in [0.4, 0.5) is 0 Å². The molecule has 2 rings (SSSR count). The molecule has 0 N–H and O–H groups in total. The van der Waals surface area contributed by atoms with Crippen LogP contribution in [-0.2, 0) is 4.74 Å². The van der Waals surface area contributed by atoms with Gasteiger partial charge in [0.05, 0.1) is 0 Å². The number of hydrogen-bond acceptors (Lipinski definition) is 2. The van der Waals surface area contributed by atoms with Crippen molar-refractivity contribution in [2.24, 2.45) is 5.41 Å². The lowest BCUT2D eigenvalue weighted by Gasteiger charge is -2.35. The number of benzene rings is 1. The molecule has 1 aromatic rings. The fraction of sp³-hybridized carbons (Fsp3) is 0.538. The molecule has 0 radical (unpaired) electrons. The fourth-order valence-electron chi connectivity index (χ4n) is 1.89. The highest BCUT2D eigenvalue weighted by atomic mass is 79.9. The van der Waals surface area contributed by atoms with E-state index in [0.717, 1.165) is 42.2 Å². The number of rotatable bonds is 4. The van der Waals surface area contributed by atoms with E-state index >= 15 is 0 Å². The van der Waals surface area contributed by atoms with Gasteiger partial charge in [0.15, 0.2) is 0 Å². The third kappa shape index (κ3) is 3.88. The first kappa shape index (κ1) is 13.7. The monoisotopic (exact) mass is 334 g/mol. The largest absolute Gasteiger partial charge is 0.381 e. The van der Waals surface area contributed by atoms with Crippen LogP contribution in [0.5, 0.6) is 0 Å². The second-order valence-corrected chi connectivity index (χ2v) is 6.53. The van der Waals surface area contributed by atoms with Gasteiger partial charge in [-0.15, -0.1) is 11.8 Å². The summed E-state index contributed by atoms with van der Waals surface area (Å²) in [7, 11) is 0. The van der Waals surface area contributed by atoms with Gasteiger partial charge in [0.1, 0.15) is 0 Å². The van der Waals surface area contributed by atoms with Crippen LogP contribution in [0, 0.1) is 5.41 Å². The number of thioether (sulfide) groups is 1. The molecule has 0 atom stereocenters. The predicted octanol–water partition coefficient (Wildman–Crippen LogP) is 4.62. The minimum atomic E-state index is 0.391. The van der Waals surface area contributed by atoms with Crippen LogP contribution < -0.4 is 0 Å². The van der Waals surface area contributed by atoms with Crippen LogP contribution in [0.1, 0.15) is 12.8 Å². The molecular weight excluding hydrogens is 320 g/mol. The Labute approximate surface area is 120 Å². The van der Waals surface area contributed by atoms with E-state index in [4.69, 9.17) is 16.3 Å². The van der Waals surface area contributed by atoms with Crippen molar-refractivity contribution in [3.8, 4) is 0 Å².